The lowest BCUT2D eigenvalue weighted by Crippen LogP contribution is -2.32. The molecular weight excluding hydrogens is 266 g/mol. The molecular formula is C15H17N5O. The van der Waals surface area contributed by atoms with Crippen LogP contribution >= 0.6 is 0 Å². The van der Waals surface area contributed by atoms with Gasteiger partial charge in [-0.25, -0.2) is 4.52 Å². The van der Waals surface area contributed by atoms with Crippen molar-refractivity contribution >= 4 is 11.4 Å². The second-order valence-electron chi connectivity index (χ2n) is 4.83. The van der Waals surface area contributed by atoms with Crippen LogP contribution in [0.15, 0.2) is 49.1 Å². The lowest BCUT2D eigenvalue weighted by Gasteiger charge is -2.15. The van der Waals surface area contributed by atoms with E-state index in [1.54, 1.807) is 21.6 Å². The fourth-order valence-electron chi connectivity index (χ4n) is 2.38. The Morgan fingerprint density at radius 2 is 2.19 bits per heavy atom. The summed E-state index contributed by atoms with van der Waals surface area (Å²) in [5.74, 6) is -0.0310. The number of nitrogens with zero attached hydrogens (tertiary/aromatic N) is 4. The number of amides is 1. The average molecular weight is 283 g/mol. The second-order valence-corrected chi connectivity index (χ2v) is 4.83. The third kappa shape index (κ3) is 2.65. The van der Waals surface area contributed by atoms with Gasteiger partial charge in [-0.05, 0) is 24.6 Å². The van der Waals surface area contributed by atoms with Gasteiger partial charge < -0.3 is 5.32 Å². The number of nitrogens with one attached hydrogen (secondary N) is 1. The van der Waals surface area contributed by atoms with E-state index >= 15 is 0 Å². The van der Waals surface area contributed by atoms with Crippen LogP contribution in [0.1, 0.15) is 24.9 Å². The van der Waals surface area contributed by atoms with Crippen molar-refractivity contribution in [1.29, 1.82) is 0 Å². The van der Waals surface area contributed by atoms with Crippen molar-refractivity contribution in [3.63, 3.8) is 0 Å². The maximum absolute atomic E-state index is 12.3. The first-order valence-corrected chi connectivity index (χ1v) is 6.97. The zero-order valence-corrected chi connectivity index (χ0v) is 11.8. The summed E-state index contributed by atoms with van der Waals surface area (Å²) in [4.78, 5) is 12.3. The van der Waals surface area contributed by atoms with E-state index in [2.05, 4.69) is 15.5 Å². The molecule has 0 saturated heterocycles. The number of rotatable bonds is 5. The highest BCUT2D eigenvalue weighted by Crippen LogP contribution is 2.12. The maximum Gasteiger partial charge on any atom is 0.245 e. The van der Waals surface area contributed by atoms with Crippen LogP contribution in [0.2, 0.25) is 0 Å². The van der Waals surface area contributed by atoms with Gasteiger partial charge >= 0.3 is 0 Å². The number of carbonyl (C=O) groups excluding carboxylic acids is 1. The minimum Gasteiger partial charge on any atom is -0.350 e. The van der Waals surface area contributed by atoms with Crippen LogP contribution in [-0.4, -0.2) is 25.3 Å². The van der Waals surface area contributed by atoms with E-state index in [4.69, 9.17) is 0 Å². The van der Waals surface area contributed by atoms with Gasteiger partial charge in [-0.3, -0.25) is 9.48 Å². The number of carbonyl (C=O) groups is 1. The molecule has 0 aliphatic heterocycles. The average Bonchev–Trinajstić information content (AvgIpc) is 3.15. The number of pyridine rings is 1. The van der Waals surface area contributed by atoms with Crippen LogP contribution in [0.4, 0.5) is 0 Å². The van der Waals surface area contributed by atoms with Crippen LogP contribution in [0.25, 0.3) is 5.52 Å². The number of hydrogen-bond acceptors (Lipinski definition) is 3. The number of fused-ring (bicyclic) bond motifs is 1. The normalized spacial score (nSPS) is 12.4. The molecule has 0 spiro atoms. The fourth-order valence-corrected chi connectivity index (χ4v) is 2.38. The van der Waals surface area contributed by atoms with Crippen molar-refractivity contribution in [2.75, 3.05) is 0 Å². The van der Waals surface area contributed by atoms with Crippen LogP contribution in [0.5, 0.6) is 0 Å². The minimum absolute atomic E-state index is 0.0310. The molecule has 0 aliphatic rings. The Labute approximate surface area is 122 Å². The largest absolute Gasteiger partial charge is 0.350 e. The van der Waals surface area contributed by atoms with Crippen molar-refractivity contribution in [3.8, 4) is 0 Å². The number of hydrogen-bond donors (Lipinski definition) is 1. The van der Waals surface area contributed by atoms with E-state index in [1.807, 2.05) is 43.6 Å². The van der Waals surface area contributed by atoms with Crippen molar-refractivity contribution in [1.82, 2.24) is 24.7 Å². The van der Waals surface area contributed by atoms with E-state index in [9.17, 15) is 4.79 Å². The SMILES string of the molecule is CC[C@@H](C(=O)NCc1cnn2ccccc12)n1cccn1. The van der Waals surface area contributed by atoms with Gasteiger partial charge in [0.25, 0.3) is 0 Å². The van der Waals surface area contributed by atoms with E-state index in [0.29, 0.717) is 13.0 Å². The summed E-state index contributed by atoms with van der Waals surface area (Å²) in [7, 11) is 0. The molecule has 3 aromatic rings. The Bertz CT molecular complexity index is 731. The summed E-state index contributed by atoms with van der Waals surface area (Å²) in [6.07, 6.45) is 7.86. The molecule has 3 heterocycles. The highest BCUT2D eigenvalue weighted by Gasteiger charge is 2.18. The van der Waals surface area contributed by atoms with Crippen LogP contribution in [-0.2, 0) is 11.3 Å². The van der Waals surface area contributed by atoms with E-state index in [-0.39, 0.29) is 11.9 Å². The third-order valence-electron chi connectivity index (χ3n) is 3.49. The van der Waals surface area contributed by atoms with E-state index in [1.165, 1.54) is 0 Å². The zero-order chi connectivity index (χ0) is 14.7. The van der Waals surface area contributed by atoms with Gasteiger partial charge in [-0.2, -0.15) is 10.2 Å². The van der Waals surface area contributed by atoms with Crippen molar-refractivity contribution in [2.45, 2.75) is 25.9 Å². The first kappa shape index (κ1) is 13.4. The predicted molar refractivity (Wildman–Crippen MR) is 78.6 cm³/mol. The summed E-state index contributed by atoms with van der Waals surface area (Å²) in [5, 5.41) is 11.4. The van der Waals surface area contributed by atoms with Crippen LogP contribution < -0.4 is 5.32 Å². The highest BCUT2D eigenvalue weighted by molar-refractivity contribution is 5.80. The summed E-state index contributed by atoms with van der Waals surface area (Å²) in [6.45, 7) is 2.44. The minimum atomic E-state index is -0.276. The lowest BCUT2D eigenvalue weighted by atomic mass is 10.2. The Balaban J connectivity index is 1.71. The van der Waals surface area contributed by atoms with Gasteiger partial charge in [-0.15, -0.1) is 0 Å². The van der Waals surface area contributed by atoms with Crippen LogP contribution in [0, 0.1) is 0 Å². The number of aromatic nitrogens is 4. The third-order valence-corrected chi connectivity index (χ3v) is 3.49. The van der Waals surface area contributed by atoms with E-state index < -0.39 is 0 Å². The van der Waals surface area contributed by atoms with E-state index in [0.717, 1.165) is 11.1 Å². The first-order chi connectivity index (χ1) is 10.3. The summed E-state index contributed by atoms with van der Waals surface area (Å²) >= 11 is 0. The Morgan fingerprint density at radius 3 is 2.95 bits per heavy atom. The molecule has 3 aromatic heterocycles. The van der Waals surface area contributed by atoms with Gasteiger partial charge in [0.1, 0.15) is 6.04 Å². The predicted octanol–water partition coefficient (Wildman–Crippen LogP) is 1.80. The monoisotopic (exact) mass is 283 g/mol. The van der Waals surface area contributed by atoms with Crippen molar-refractivity contribution < 1.29 is 4.79 Å². The molecule has 0 bridgehead atoms. The Morgan fingerprint density at radius 1 is 1.29 bits per heavy atom. The molecule has 0 radical (unpaired) electrons. The van der Waals surface area contributed by atoms with Crippen LogP contribution in [0.3, 0.4) is 0 Å². The molecule has 0 fully saturated rings. The molecule has 108 valence electrons. The smallest absolute Gasteiger partial charge is 0.245 e. The summed E-state index contributed by atoms with van der Waals surface area (Å²) < 4.78 is 3.48. The molecule has 1 atom stereocenters. The fraction of sp³-hybridized carbons (Fsp3) is 0.267. The standard InChI is InChI=1S/C15H17N5O/c1-2-13(19-9-5-7-17-19)15(21)16-10-12-11-18-20-8-4-3-6-14(12)20/h3-9,11,13H,2,10H2,1H3,(H,16,21)/t13-/m0/s1. The lowest BCUT2D eigenvalue weighted by molar-refractivity contribution is -0.124. The topological polar surface area (TPSA) is 64.2 Å². The quantitative estimate of drug-likeness (QED) is 0.776. The molecule has 0 unspecified atom stereocenters. The first-order valence-electron chi connectivity index (χ1n) is 6.97. The molecule has 1 N–H and O–H groups in total. The van der Waals surface area contributed by atoms with Crippen molar-refractivity contribution in [2.24, 2.45) is 0 Å². The summed E-state index contributed by atoms with van der Waals surface area (Å²) in [5.41, 5.74) is 2.00. The zero-order valence-electron chi connectivity index (χ0n) is 11.8. The van der Waals surface area contributed by atoms with Gasteiger partial charge in [-0.1, -0.05) is 13.0 Å². The molecule has 1 amide bonds. The van der Waals surface area contributed by atoms with Gasteiger partial charge in [0.15, 0.2) is 0 Å². The molecule has 3 rings (SSSR count). The molecule has 0 aliphatic carbocycles. The molecule has 0 saturated carbocycles. The van der Waals surface area contributed by atoms with Gasteiger partial charge in [0.2, 0.25) is 5.91 Å². The Hall–Kier alpha value is -2.63. The molecule has 6 nitrogen and oxygen atoms in total. The molecule has 21 heavy (non-hydrogen) atoms. The summed E-state index contributed by atoms with van der Waals surface area (Å²) in [6, 6.07) is 7.41. The Kier molecular flexibility index (Phi) is 3.68. The maximum atomic E-state index is 12.3. The van der Waals surface area contributed by atoms with Gasteiger partial charge in [0.05, 0.1) is 11.7 Å². The van der Waals surface area contributed by atoms with Gasteiger partial charge in [0, 0.05) is 30.7 Å². The molecule has 0 aromatic carbocycles. The van der Waals surface area contributed by atoms with Crippen molar-refractivity contribution in [3.05, 3.63) is 54.6 Å². The highest BCUT2D eigenvalue weighted by atomic mass is 16.2. The second kappa shape index (κ2) is 5.78. The molecule has 6 heteroatoms.